The van der Waals surface area contributed by atoms with Gasteiger partial charge in [0.25, 0.3) is 0 Å². The molecule has 3 aromatic carbocycles. The number of hydrogen-bond donors (Lipinski definition) is 5. The summed E-state index contributed by atoms with van der Waals surface area (Å²) in [5.74, 6) is -2.09. The Kier molecular flexibility index (Phi) is 12.7. The number of imide groups is 1. The minimum absolute atomic E-state index is 0.0121. The summed E-state index contributed by atoms with van der Waals surface area (Å²) in [6, 6.07) is 14.4. The highest BCUT2D eigenvalue weighted by Crippen LogP contribution is 2.43. The van der Waals surface area contributed by atoms with Gasteiger partial charge in [0.05, 0.1) is 34.4 Å². The normalized spacial score (nSPS) is 20.9. The van der Waals surface area contributed by atoms with E-state index in [-0.39, 0.29) is 36.4 Å². The van der Waals surface area contributed by atoms with E-state index in [1.165, 1.54) is 12.1 Å². The molecule has 4 atom stereocenters. The SMILES string of the molecule is CCc1cc(Nc2ncc(Br)c(Nc3ccc4nc(C)ccc4c3P(C)(C)=O)n2)c(OC)cc1C1CC(C2CNCCN2c2cc(F)c(C3CCC(=O)NC3=O)c(F)c2)CCN1. The topological polar surface area (TPSA) is 162 Å². The molecule has 5 heterocycles. The van der Waals surface area contributed by atoms with Crippen LogP contribution in [0.1, 0.15) is 67.0 Å². The van der Waals surface area contributed by atoms with E-state index in [4.69, 9.17) is 9.72 Å². The van der Waals surface area contributed by atoms with Crippen LogP contribution < -0.4 is 41.5 Å². The molecule has 2 amide bonds. The fourth-order valence-electron chi connectivity index (χ4n) is 9.31. The van der Waals surface area contributed by atoms with E-state index in [0.717, 1.165) is 53.5 Å². The second-order valence-electron chi connectivity index (χ2n) is 16.7. The molecule has 5 N–H and O–H groups in total. The van der Waals surface area contributed by atoms with Gasteiger partial charge in [0.15, 0.2) is 0 Å². The van der Waals surface area contributed by atoms with E-state index in [1.54, 1.807) is 26.6 Å². The predicted molar refractivity (Wildman–Crippen MR) is 243 cm³/mol. The summed E-state index contributed by atoms with van der Waals surface area (Å²) in [6.45, 7) is 10.2. The van der Waals surface area contributed by atoms with E-state index >= 15 is 8.78 Å². The van der Waals surface area contributed by atoms with Crippen LogP contribution in [0.25, 0.3) is 10.9 Å². The summed E-state index contributed by atoms with van der Waals surface area (Å²) in [5, 5.41) is 17.7. The summed E-state index contributed by atoms with van der Waals surface area (Å²) < 4.78 is 51.7. The van der Waals surface area contributed by atoms with Gasteiger partial charge < -0.3 is 35.5 Å². The Morgan fingerprint density at radius 2 is 1.79 bits per heavy atom. The molecule has 3 aliphatic heterocycles. The summed E-state index contributed by atoms with van der Waals surface area (Å²) >= 11 is 3.60. The second kappa shape index (κ2) is 18.0. The number of halogens is 3. The minimum atomic E-state index is -2.76. The molecule has 62 heavy (non-hydrogen) atoms. The molecule has 17 heteroatoms. The number of pyridine rings is 1. The van der Waals surface area contributed by atoms with Crippen molar-refractivity contribution in [3.05, 3.63) is 93.2 Å². The predicted octanol–water partition coefficient (Wildman–Crippen LogP) is 7.72. The minimum Gasteiger partial charge on any atom is -0.495 e. The second-order valence-corrected chi connectivity index (χ2v) is 20.7. The number of fused-ring (bicyclic) bond motifs is 1. The molecule has 0 aliphatic carbocycles. The molecule has 4 unspecified atom stereocenters. The van der Waals surface area contributed by atoms with Crippen LogP contribution in [-0.4, -0.2) is 79.4 Å². The smallest absolute Gasteiger partial charge is 0.234 e. The van der Waals surface area contributed by atoms with Crippen LogP contribution in [0.5, 0.6) is 5.75 Å². The van der Waals surface area contributed by atoms with Gasteiger partial charge in [-0.3, -0.25) is 19.9 Å². The number of hydrogen-bond acceptors (Lipinski definition) is 12. The maximum absolute atomic E-state index is 15.7. The Labute approximate surface area is 368 Å². The molecule has 3 fully saturated rings. The third-order valence-corrected chi connectivity index (χ3v) is 14.4. The van der Waals surface area contributed by atoms with Gasteiger partial charge in [0.2, 0.25) is 17.8 Å². The highest BCUT2D eigenvalue weighted by atomic mass is 79.9. The molecule has 0 spiro atoms. The fourth-order valence-corrected chi connectivity index (χ4v) is 11.1. The average molecular weight is 931 g/mol. The number of benzene rings is 3. The number of anilines is 5. The van der Waals surface area contributed by atoms with Crippen LogP contribution in [0.15, 0.2) is 59.2 Å². The molecule has 0 saturated carbocycles. The number of rotatable bonds is 11. The third kappa shape index (κ3) is 8.92. The van der Waals surface area contributed by atoms with Gasteiger partial charge in [-0.2, -0.15) is 4.98 Å². The molecule has 3 aliphatic rings. The average Bonchev–Trinajstić information content (AvgIpc) is 3.24. The first-order valence-corrected chi connectivity index (χ1v) is 24.4. The molecule has 2 aromatic heterocycles. The van der Waals surface area contributed by atoms with E-state index in [1.807, 2.05) is 31.2 Å². The van der Waals surface area contributed by atoms with Crippen molar-refractivity contribution in [2.45, 2.75) is 64.0 Å². The van der Waals surface area contributed by atoms with Crippen LogP contribution in [0.2, 0.25) is 0 Å². The van der Waals surface area contributed by atoms with Crippen molar-refractivity contribution in [1.29, 1.82) is 0 Å². The highest BCUT2D eigenvalue weighted by molar-refractivity contribution is 9.10. The van der Waals surface area contributed by atoms with Gasteiger partial charge in [0.1, 0.15) is 30.3 Å². The monoisotopic (exact) mass is 929 g/mol. The van der Waals surface area contributed by atoms with E-state index in [9.17, 15) is 14.2 Å². The van der Waals surface area contributed by atoms with Gasteiger partial charge in [-0.05, 0) is 128 Å². The molecule has 8 rings (SSSR count). The first kappa shape index (κ1) is 43.6. The van der Waals surface area contributed by atoms with Gasteiger partial charge in [-0.15, -0.1) is 0 Å². The number of aryl methyl sites for hydroxylation is 2. The number of carbonyl (C=O) groups is 2. The lowest BCUT2D eigenvalue weighted by molar-refractivity contribution is -0.134. The van der Waals surface area contributed by atoms with Crippen molar-refractivity contribution in [2.24, 2.45) is 5.92 Å². The maximum atomic E-state index is 15.7. The van der Waals surface area contributed by atoms with Crippen molar-refractivity contribution in [1.82, 2.24) is 30.9 Å². The molecule has 13 nitrogen and oxygen atoms in total. The van der Waals surface area contributed by atoms with Crippen LogP contribution in [-0.2, 0) is 20.6 Å². The number of nitrogens with one attached hydrogen (secondary N) is 5. The van der Waals surface area contributed by atoms with E-state index in [2.05, 4.69) is 76.4 Å². The van der Waals surface area contributed by atoms with Crippen LogP contribution in [0, 0.1) is 24.5 Å². The Bertz CT molecular complexity index is 2590. The summed E-state index contributed by atoms with van der Waals surface area (Å²) in [7, 11) is -1.14. The summed E-state index contributed by atoms with van der Waals surface area (Å²) in [6.07, 6.45) is 4.16. The summed E-state index contributed by atoms with van der Waals surface area (Å²) in [5.41, 5.74) is 5.39. The molecule has 0 radical (unpaired) electrons. The Morgan fingerprint density at radius 3 is 2.52 bits per heavy atom. The van der Waals surface area contributed by atoms with Crippen molar-refractivity contribution in [2.75, 3.05) is 62.2 Å². The number of methoxy groups -OCH3 is 1. The Hall–Kier alpha value is -5.02. The number of piperazine rings is 1. The molecular weight excluding hydrogens is 879 g/mol. The van der Waals surface area contributed by atoms with Crippen LogP contribution in [0.3, 0.4) is 0 Å². The van der Waals surface area contributed by atoms with Crippen molar-refractivity contribution < 1.29 is 27.7 Å². The fraction of sp³-hybridized carbons (Fsp3) is 0.400. The molecule has 5 aromatic rings. The number of carbonyl (C=O) groups excluding carboxylic acids is 2. The van der Waals surface area contributed by atoms with Gasteiger partial charge in [-0.25, -0.2) is 13.8 Å². The zero-order valence-electron chi connectivity index (χ0n) is 35.4. The number of piperidine rings is 2. The van der Waals surface area contributed by atoms with Gasteiger partial charge in [0, 0.05) is 72.0 Å². The Balaban J connectivity index is 1.03. The van der Waals surface area contributed by atoms with E-state index in [0.29, 0.717) is 64.0 Å². The van der Waals surface area contributed by atoms with Crippen molar-refractivity contribution in [3.63, 3.8) is 0 Å². The quantitative estimate of drug-likeness (QED) is 0.0649. The molecule has 0 bridgehead atoms. The van der Waals surface area contributed by atoms with Crippen LogP contribution >= 0.6 is 23.1 Å². The first-order chi connectivity index (χ1) is 29.7. The van der Waals surface area contributed by atoms with Crippen molar-refractivity contribution >= 4 is 79.9 Å². The first-order valence-electron chi connectivity index (χ1n) is 21.0. The third-order valence-electron chi connectivity index (χ3n) is 12.2. The van der Waals surface area contributed by atoms with Crippen molar-refractivity contribution in [3.8, 4) is 5.75 Å². The zero-order valence-corrected chi connectivity index (χ0v) is 37.9. The maximum Gasteiger partial charge on any atom is 0.234 e. The molecule has 3 saturated heterocycles. The molecular formula is C45H51BrF2N9O4P. The van der Waals surface area contributed by atoms with Crippen LogP contribution in [0.4, 0.5) is 37.6 Å². The van der Waals surface area contributed by atoms with Gasteiger partial charge >= 0.3 is 0 Å². The summed E-state index contributed by atoms with van der Waals surface area (Å²) in [4.78, 5) is 40.4. The number of aromatic nitrogens is 3. The number of ether oxygens (including phenoxy) is 1. The lowest BCUT2D eigenvalue weighted by Crippen LogP contribution is -2.56. The standard InChI is InChI=1S/C45H51BrF2N9O4P/c1-6-25-17-37(54-45-51-22-31(46)43(56-45)53-35-11-10-34-28(8-7-24(2)52-34)42(35)62(4,5)60)39(61-3)21-30(25)36-18-26(13-14-50-36)38-23-49-15-16-57(38)27-19-32(47)41(33(48)20-27)29-9-12-40(58)55-44(29)59/h7-8,10-11,17,19-22,26,29,36,38,49-50H,6,9,12-16,18,23H2,1-5H3,(H,55,58,59)(H2,51,53,54,56). The number of amides is 2. The molecule has 326 valence electrons. The van der Waals surface area contributed by atoms with E-state index < -0.39 is 36.5 Å². The Morgan fingerprint density at radius 1 is 1.00 bits per heavy atom. The zero-order chi connectivity index (χ0) is 43.9. The number of nitrogens with zero attached hydrogens (tertiary/aromatic N) is 4. The van der Waals surface area contributed by atoms with Gasteiger partial charge in [-0.1, -0.05) is 13.0 Å². The highest BCUT2D eigenvalue weighted by Gasteiger charge is 2.37. The largest absolute Gasteiger partial charge is 0.495 e. The lowest BCUT2D eigenvalue weighted by atomic mass is 9.81. The lowest BCUT2D eigenvalue weighted by Gasteiger charge is -2.45.